The molecule has 1 amide bonds. The summed E-state index contributed by atoms with van der Waals surface area (Å²) >= 11 is 0. The van der Waals surface area contributed by atoms with E-state index >= 15 is 0 Å². The summed E-state index contributed by atoms with van der Waals surface area (Å²) in [5.41, 5.74) is 9.55. The number of hydrazine groups is 1. The largest absolute Gasteiger partial charge is 0.508 e. The quantitative estimate of drug-likeness (QED) is 0.629. The molecule has 2 aliphatic heterocycles. The van der Waals surface area contributed by atoms with Crippen LogP contribution in [-0.4, -0.2) is 35.0 Å². The zero-order valence-electron chi connectivity index (χ0n) is 16.4. The van der Waals surface area contributed by atoms with Crippen LogP contribution in [0.3, 0.4) is 0 Å². The molecule has 29 heavy (non-hydrogen) atoms. The SMILES string of the molecule is Cc1ccc(C(=O)N2CCC3NNC(c4cccc5ccccc45)C3C2)cc1O. The number of rotatable bonds is 2. The van der Waals surface area contributed by atoms with Gasteiger partial charge in [0.15, 0.2) is 0 Å². The maximum Gasteiger partial charge on any atom is 0.254 e. The predicted molar refractivity (Wildman–Crippen MR) is 114 cm³/mol. The fourth-order valence-corrected chi connectivity index (χ4v) is 4.74. The Morgan fingerprint density at radius 2 is 1.90 bits per heavy atom. The number of amides is 1. The van der Waals surface area contributed by atoms with Crippen LogP contribution in [0.15, 0.2) is 60.7 Å². The third kappa shape index (κ3) is 3.16. The summed E-state index contributed by atoms with van der Waals surface area (Å²) in [6.45, 7) is 3.23. The average molecular weight is 387 g/mol. The molecule has 3 atom stereocenters. The van der Waals surface area contributed by atoms with E-state index in [9.17, 15) is 9.90 Å². The Morgan fingerprint density at radius 3 is 2.76 bits per heavy atom. The molecule has 5 rings (SSSR count). The highest BCUT2D eigenvalue weighted by Crippen LogP contribution is 2.37. The van der Waals surface area contributed by atoms with E-state index in [0.29, 0.717) is 24.7 Å². The number of piperidine rings is 1. The number of phenols is 1. The molecular weight excluding hydrogens is 362 g/mol. The van der Waals surface area contributed by atoms with Crippen LogP contribution >= 0.6 is 0 Å². The molecule has 2 heterocycles. The minimum atomic E-state index is -0.0117. The molecule has 3 aromatic rings. The monoisotopic (exact) mass is 387 g/mol. The highest BCUT2D eigenvalue weighted by molar-refractivity contribution is 5.95. The Morgan fingerprint density at radius 1 is 1.07 bits per heavy atom. The summed E-state index contributed by atoms with van der Waals surface area (Å²) in [4.78, 5) is 15.0. The van der Waals surface area contributed by atoms with Crippen molar-refractivity contribution in [2.75, 3.05) is 13.1 Å². The van der Waals surface area contributed by atoms with Gasteiger partial charge in [-0.15, -0.1) is 0 Å². The van der Waals surface area contributed by atoms with Crippen molar-refractivity contribution in [1.82, 2.24) is 15.8 Å². The number of hydrogen-bond acceptors (Lipinski definition) is 4. The van der Waals surface area contributed by atoms with E-state index in [1.54, 1.807) is 18.2 Å². The molecular formula is C24H25N3O2. The Labute approximate surface area is 170 Å². The molecule has 0 bridgehead atoms. The molecule has 3 N–H and O–H groups in total. The van der Waals surface area contributed by atoms with E-state index in [1.165, 1.54) is 16.3 Å². The summed E-state index contributed by atoms with van der Waals surface area (Å²) < 4.78 is 0. The van der Waals surface area contributed by atoms with Gasteiger partial charge >= 0.3 is 0 Å². The molecule has 3 aromatic carbocycles. The van der Waals surface area contributed by atoms with Gasteiger partial charge in [-0.2, -0.15) is 0 Å². The van der Waals surface area contributed by atoms with E-state index in [0.717, 1.165) is 12.0 Å². The van der Waals surface area contributed by atoms with Crippen LogP contribution in [0.25, 0.3) is 10.8 Å². The average Bonchev–Trinajstić information content (AvgIpc) is 3.18. The maximum absolute atomic E-state index is 13.1. The van der Waals surface area contributed by atoms with Crippen molar-refractivity contribution >= 4 is 16.7 Å². The smallest absolute Gasteiger partial charge is 0.254 e. The van der Waals surface area contributed by atoms with Crippen molar-refractivity contribution in [3.8, 4) is 5.75 Å². The van der Waals surface area contributed by atoms with Gasteiger partial charge in [-0.25, -0.2) is 5.43 Å². The molecule has 0 saturated carbocycles. The highest BCUT2D eigenvalue weighted by Gasteiger charge is 2.42. The Bertz CT molecular complexity index is 1080. The molecule has 0 aromatic heterocycles. The number of benzene rings is 3. The predicted octanol–water partition coefficient (Wildman–Crippen LogP) is 3.53. The zero-order chi connectivity index (χ0) is 20.0. The third-order valence-electron chi connectivity index (χ3n) is 6.41. The van der Waals surface area contributed by atoms with Crippen LogP contribution in [-0.2, 0) is 0 Å². The summed E-state index contributed by atoms with van der Waals surface area (Å²) in [6, 6.07) is 20.5. The van der Waals surface area contributed by atoms with Crippen LogP contribution < -0.4 is 10.9 Å². The fourth-order valence-electron chi connectivity index (χ4n) is 4.74. The van der Waals surface area contributed by atoms with Crippen LogP contribution in [0, 0.1) is 12.8 Å². The minimum Gasteiger partial charge on any atom is -0.508 e. The highest BCUT2D eigenvalue weighted by atomic mass is 16.3. The fraction of sp³-hybridized carbons (Fsp3) is 0.292. The van der Waals surface area contributed by atoms with Crippen molar-refractivity contribution in [1.29, 1.82) is 0 Å². The first-order valence-corrected chi connectivity index (χ1v) is 10.2. The van der Waals surface area contributed by atoms with Crippen molar-refractivity contribution < 1.29 is 9.90 Å². The molecule has 148 valence electrons. The number of likely N-dealkylation sites (tertiary alicyclic amines) is 1. The van der Waals surface area contributed by atoms with Crippen molar-refractivity contribution in [2.45, 2.75) is 25.4 Å². The first-order chi connectivity index (χ1) is 14.1. The Balaban J connectivity index is 1.43. The van der Waals surface area contributed by atoms with E-state index in [4.69, 9.17) is 0 Å². The summed E-state index contributed by atoms with van der Waals surface area (Å²) in [5, 5.41) is 12.5. The molecule has 2 aliphatic rings. The summed E-state index contributed by atoms with van der Waals surface area (Å²) in [6.07, 6.45) is 0.905. The van der Waals surface area contributed by atoms with Gasteiger partial charge in [0.2, 0.25) is 0 Å². The molecule has 5 nitrogen and oxygen atoms in total. The lowest BCUT2D eigenvalue weighted by atomic mass is 9.83. The van der Waals surface area contributed by atoms with Crippen LogP contribution in [0.2, 0.25) is 0 Å². The van der Waals surface area contributed by atoms with E-state index in [2.05, 4.69) is 53.3 Å². The Hall–Kier alpha value is -2.89. The summed E-state index contributed by atoms with van der Waals surface area (Å²) in [7, 11) is 0. The number of phenolic OH excluding ortho intramolecular Hbond substituents is 1. The maximum atomic E-state index is 13.1. The van der Waals surface area contributed by atoms with Crippen LogP contribution in [0.5, 0.6) is 5.75 Å². The van der Waals surface area contributed by atoms with E-state index in [1.807, 2.05) is 11.8 Å². The lowest BCUT2D eigenvalue weighted by Gasteiger charge is -2.36. The topological polar surface area (TPSA) is 64.6 Å². The molecule has 0 spiro atoms. The number of nitrogens with one attached hydrogen (secondary N) is 2. The van der Waals surface area contributed by atoms with Crippen molar-refractivity contribution in [3.63, 3.8) is 0 Å². The Kier molecular flexibility index (Phi) is 4.49. The third-order valence-corrected chi connectivity index (χ3v) is 6.41. The van der Waals surface area contributed by atoms with Crippen molar-refractivity contribution in [2.24, 2.45) is 5.92 Å². The van der Waals surface area contributed by atoms with Crippen LogP contribution in [0.1, 0.15) is 33.9 Å². The second kappa shape index (κ2) is 7.17. The van der Waals surface area contributed by atoms with Crippen LogP contribution in [0.4, 0.5) is 0 Å². The van der Waals surface area contributed by atoms with Gasteiger partial charge in [-0.3, -0.25) is 10.2 Å². The van der Waals surface area contributed by atoms with Gasteiger partial charge in [0.05, 0.1) is 6.04 Å². The number of aryl methyl sites for hydroxylation is 1. The number of fused-ring (bicyclic) bond motifs is 2. The number of hydrogen-bond donors (Lipinski definition) is 3. The number of carbonyl (C=O) groups is 1. The molecule has 0 aliphatic carbocycles. The van der Waals surface area contributed by atoms with E-state index in [-0.39, 0.29) is 23.6 Å². The molecule has 2 saturated heterocycles. The lowest BCUT2D eigenvalue weighted by Crippen LogP contribution is -2.47. The van der Waals surface area contributed by atoms with Gasteiger partial charge in [-0.1, -0.05) is 48.5 Å². The molecule has 0 radical (unpaired) electrons. The second-order valence-electron chi connectivity index (χ2n) is 8.15. The lowest BCUT2D eigenvalue weighted by molar-refractivity contribution is 0.0652. The van der Waals surface area contributed by atoms with Gasteiger partial charge in [-0.05, 0) is 47.4 Å². The zero-order valence-corrected chi connectivity index (χ0v) is 16.4. The first kappa shape index (κ1) is 18.2. The second-order valence-corrected chi connectivity index (χ2v) is 8.15. The summed E-state index contributed by atoms with van der Waals surface area (Å²) in [5.74, 6) is 0.448. The van der Waals surface area contributed by atoms with Crippen molar-refractivity contribution in [3.05, 3.63) is 77.4 Å². The van der Waals surface area contributed by atoms with Gasteiger partial charge in [0.1, 0.15) is 5.75 Å². The minimum absolute atomic E-state index is 0.0117. The van der Waals surface area contributed by atoms with E-state index < -0.39 is 0 Å². The number of aromatic hydroxyl groups is 1. The van der Waals surface area contributed by atoms with Gasteiger partial charge in [0.25, 0.3) is 5.91 Å². The van der Waals surface area contributed by atoms with Gasteiger partial charge < -0.3 is 10.0 Å². The first-order valence-electron chi connectivity index (χ1n) is 10.2. The van der Waals surface area contributed by atoms with Gasteiger partial charge in [0, 0.05) is 30.6 Å². The molecule has 5 heteroatoms. The number of nitrogens with zero attached hydrogens (tertiary/aromatic N) is 1. The standard InChI is InChI=1S/C24H25N3O2/c1-15-9-10-17(13-22(15)28)24(29)27-12-11-21-20(14-27)23(26-25-21)19-8-4-6-16-5-2-3-7-18(16)19/h2-10,13,20-21,23,25-26,28H,11-12,14H2,1H3. The molecule has 3 unspecified atom stereocenters. The number of carbonyl (C=O) groups excluding carboxylic acids is 1. The molecule has 2 fully saturated rings. The normalized spacial score (nSPS) is 23.9.